The Hall–Kier alpha value is -0.870. The molecular formula is C13H17ClFN3. The summed E-state index contributed by atoms with van der Waals surface area (Å²) in [5.74, 6) is 0.124. The van der Waals surface area contributed by atoms with Gasteiger partial charge in [0.05, 0.1) is 5.02 Å². The van der Waals surface area contributed by atoms with Gasteiger partial charge in [-0.2, -0.15) is 0 Å². The van der Waals surface area contributed by atoms with Crippen LogP contribution < -0.4 is 4.90 Å². The van der Waals surface area contributed by atoms with E-state index in [1.807, 2.05) is 0 Å². The van der Waals surface area contributed by atoms with Gasteiger partial charge >= 0.3 is 0 Å². The summed E-state index contributed by atoms with van der Waals surface area (Å²) < 4.78 is 13.9. The zero-order chi connectivity index (χ0) is 12.7. The molecular weight excluding hydrogens is 253 g/mol. The van der Waals surface area contributed by atoms with Crippen molar-refractivity contribution in [1.82, 2.24) is 9.88 Å². The summed E-state index contributed by atoms with van der Waals surface area (Å²) >= 11 is 5.75. The third-order valence-corrected chi connectivity index (χ3v) is 4.20. The van der Waals surface area contributed by atoms with Crippen LogP contribution in [0.3, 0.4) is 0 Å². The van der Waals surface area contributed by atoms with E-state index in [-0.39, 0.29) is 5.82 Å². The summed E-state index contributed by atoms with van der Waals surface area (Å²) in [5, 5.41) is 0.350. The van der Waals surface area contributed by atoms with Crippen LogP contribution in [0.15, 0.2) is 12.3 Å². The standard InChI is InChI=1S/C13H17ClFN3/c1-9-7-17-4-2-3-11(17)8-18(9)13-12(15)5-10(14)6-16-13/h5-6,9,11H,2-4,7-8H2,1H3. The number of nitrogens with zero attached hydrogens (tertiary/aromatic N) is 3. The lowest BCUT2D eigenvalue weighted by Gasteiger charge is -2.43. The lowest BCUT2D eigenvalue weighted by Crippen LogP contribution is -2.55. The number of aromatic nitrogens is 1. The second-order valence-electron chi connectivity index (χ2n) is 5.25. The molecule has 0 N–H and O–H groups in total. The van der Waals surface area contributed by atoms with Crippen LogP contribution >= 0.6 is 11.6 Å². The average Bonchev–Trinajstić information content (AvgIpc) is 2.75. The molecule has 3 rings (SSSR count). The normalized spacial score (nSPS) is 28.5. The van der Waals surface area contributed by atoms with Gasteiger partial charge in [0.15, 0.2) is 11.6 Å². The predicted octanol–water partition coefficient (Wildman–Crippen LogP) is 2.55. The largest absolute Gasteiger partial charge is 0.349 e. The van der Waals surface area contributed by atoms with Gasteiger partial charge in [-0.05, 0) is 32.4 Å². The van der Waals surface area contributed by atoms with Gasteiger partial charge in [-0.1, -0.05) is 11.6 Å². The molecule has 1 aromatic heterocycles. The van der Waals surface area contributed by atoms with Crippen LogP contribution in [0.4, 0.5) is 10.2 Å². The molecule has 0 aliphatic carbocycles. The van der Waals surface area contributed by atoms with Crippen LogP contribution in [0.25, 0.3) is 0 Å². The quantitative estimate of drug-likeness (QED) is 0.781. The minimum atomic E-state index is -0.319. The third kappa shape index (κ3) is 2.08. The number of anilines is 1. The number of piperazine rings is 1. The summed E-state index contributed by atoms with van der Waals surface area (Å²) in [6, 6.07) is 2.19. The topological polar surface area (TPSA) is 19.4 Å². The molecule has 2 atom stereocenters. The van der Waals surface area contributed by atoms with E-state index in [1.54, 1.807) is 0 Å². The summed E-state index contributed by atoms with van der Waals surface area (Å²) in [5.41, 5.74) is 0. The van der Waals surface area contributed by atoms with Crippen LogP contribution in [-0.2, 0) is 0 Å². The van der Waals surface area contributed by atoms with Gasteiger partial charge in [-0.15, -0.1) is 0 Å². The molecule has 2 fully saturated rings. The molecule has 1 aromatic rings. The van der Waals surface area contributed by atoms with Gasteiger partial charge in [0.25, 0.3) is 0 Å². The van der Waals surface area contributed by atoms with Crippen molar-refractivity contribution in [3.8, 4) is 0 Å². The van der Waals surface area contributed by atoms with E-state index in [4.69, 9.17) is 11.6 Å². The van der Waals surface area contributed by atoms with Crippen LogP contribution in [0.2, 0.25) is 5.02 Å². The molecule has 2 saturated heterocycles. The summed E-state index contributed by atoms with van der Waals surface area (Å²) in [6.45, 7) is 5.17. The number of fused-ring (bicyclic) bond motifs is 1. The monoisotopic (exact) mass is 269 g/mol. The first-order valence-corrected chi connectivity index (χ1v) is 6.84. The summed E-state index contributed by atoms with van der Waals surface area (Å²) in [4.78, 5) is 8.76. The first-order valence-electron chi connectivity index (χ1n) is 6.47. The van der Waals surface area contributed by atoms with Gasteiger partial charge < -0.3 is 4.90 Å². The van der Waals surface area contributed by atoms with Gasteiger partial charge in [0.1, 0.15) is 0 Å². The van der Waals surface area contributed by atoms with Crippen molar-refractivity contribution in [3.63, 3.8) is 0 Å². The fourth-order valence-corrected chi connectivity index (χ4v) is 3.25. The van der Waals surface area contributed by atoms with E-state index in [0.29, 0.717) is 22.9 Å². The van der Waals surface area contributed by atoms with Crippen molar-refractivity contribution in [2.24, 2.45) is 0 Å². The number of hydrogen-bond acceptors (Lipinski definition) is 3. The molecule has 0 spiro atoms. The molecule has 2 aliphatic rings. The van der Waals surface area contributed by atoms with Crippen molar-refractivity contribution >= 4 is 17.4 Å². The van der Waals surface area contributed by atoms with Crippen molar-refractivity contribution in [1.29, 1.82) is 0 Å². The first kappa shape index (κ1) is 12.2. The molecule has 2 unspecified atom stereocenters. The number of halogens is 2. The first-order chi connectivity index (χ1) is 8.65. The lowest BCUT2D eigenvalue weighted by atomic mass is 10.1. The summed E-state index contributed by atoms with van der Waals surface area (Å²) in [7, 11) is 0. The van der Waals surface area contributed by atoms with Gasteiger partial charge in [0.2, 0.25) is 0 Å². The molecule has 0 bridgehead atoms. The van der Waals surface area contributed by atoms with Crippen molar-refractivity contribution in [3.05, 3.63) is 23.1 Å². The molecule has 0 amide bonds. The zero-order valence-corrected chi connectivity index (χ0v) is 11.2. The second-order valence-corrected chi connectivity index (χ2v) is 5.69. The highest BCUT2D eigenvalue weighted by Gasteiger charge is 2.35. The Morgan fingerprint density at radius 3 is 3.06 bits per heavy atom. The Morgan fingerprint density at radius 1 is 1.44 bits per heavy atom. The molecule has 0 saturated carbocycles. The number of pyridine rings is 1. The van der Waals surface area contributed by atoms with Crippen LogP contribution in [0.1, 0.15) is 19.8 Å². The van der Waals surface area contributed by atoms with Crippen molar-refractivity contribution in [2.45, 2.75) is 31.8 Å². The lowest BCUT2D eigenvalue weighted by molar-refractivity contribution is 0.201. The smallest absolute Gasteiger partial charge is 0.167 e. The van der Waals surface area contributed by atoms with Gasteiger partial charge in [0, 0.05) is 31.4 Å². The summed E-state index contributed by atoms with van der Waals surface area (Å²) in [6.07, 6.45) is 3.98. The minimum absolute atomic E-state index is 0.294. The second kappa shape index (κ2) is 4.67. The van der Waals surface area contributed by atoms with Crippen molar-refractivity contribution in [2.75, 3.05) is 24.5 Å². The molecule has 18 heavy (non-hydrogen) atoms. The van der Waals surface area contributed by atoms with E-state index >= 15 is 0 Å². The van der Waals surface area contributed by atoms with Crippen molar-refractivity contribution < 1.29 is 4.39 Å². The maximum Gasteiger partial charge on any atom is 0.167 e. The Balaban J connectivity index is 1.86. The maximum absolute atomic E-state index is 13.9. The van der Waals surface area contributed by atoms with Gasteiger partial charge in [-0.25, -0.2) is 9.37 Å². The van der Waals surface area contributed by atoms with E-state index in [1.165, 1.54) is 31.6 Å². The molecule has 2 aliphatic heterocycles. The zero-order valence-electron chi connectivity index (χ0n) is 10.4. The highest BCUT2D eigenvalue weighted by atomic mass is 35.5. The molecule has 0 radical (unpaired) electrons. The molecule has 98 valence electrons. The number of rotatable bonds is 1. The van der Waals surface area contributed by atoms with Crippen LogP contribution in [0.5, 0.6) is 0 Å². The van der Waals surface area contributed by atoms with E-state index in [9.17, 15) is 4.39 Å². The molecule has 5 heteroatoms. The fraction of sp³-hybridized carbons (Fsp3) is 0.615. The van der Waals surface area contributed by atoms with Crippen LogP contribution in [0, 0.1) is 5.82 Å². The van der Waals surface area contributed by atoms with E-state index < -0.39 is 0 Å². The highest BCUT2D eigenvalue weighted by Crippen LogP contribution is 2.29. The van der Waals surface area contributed by atoms with Crippen LogP contribution in [-0.4, -0.2) is 41.6 Å². The Morgan fingerprint density at radius 2 is 2.28 bits per heavy atom. The SMILES string of the molecule is CC1CN2CCCC2CN1c1ncc(Cl)cc1F. The molecule has 3 heterocycles. The maximum atomic E-state index is 13.9. The Kier molecular flexibility index (Phi) is 3.16. The van der Waals surface area contributed by atoms with E-state index in [2.05, 4.69) is 21.7 Å². The number of hydrogen-bond donors (Lipinski definition) is 0. The highest BCUT2D eigenvalue weighted by molar-refractivity contribution is 6.30. The minimum Gasteiger partial charge on any atom is -0.349 e. The molecule has 3 nitrogen and oxygen atoms in total. The predicted molar refractivity (Wildman–Crippen MR) is 70.6 cm³/mol. The molecule has 0 aromatic carbocycles. The Labute approximate surface area is 112 Å². The fourth-order valence-electron chi connectivity index (χ4n) is 3.10. The Bertz CT molecular complexity index is 454. The third-order valence-electron chi connectivity index (χ3n) is 4.00. The van der Waals surface area contributed by atoms with E-state index in [0.717, 1.165) is 13.1 Å². The average molecular weight is 270 g/mol. The van der Waals surface area contributed by atoms with Gasteiger partial charge in [-0.3, -0.25) is 4.90 Å².